The Balaban J connectivity index is 1.20. The Morgan fingerprint density at radius 2 is 1.72 bits per heavy atom. The molecule has 3 heterocycles. The van der Waals surface area contributed by atoms with Crippen molar-refractivity contribution < 1.29 is 13.9 Å². The van der Waals surface area contributed by atoms with Crippen LogP contribution in [0.2, 0.25) is 0 Å². The van der Waals surface area contributed by atoms with E-state index in [4.69, 9.17) is 15.9 Å². The first kappa shape index (κ1) is 24.4. The number of anilines is 1. The Labute approximate surface area is 223 Å². The molecule has 3 aromatic carbocycles. The van der Waals surface area contributed by atoms with Gasteiger partial charge >= 0.3 is 0 Å². The number of nitrogens with two attached hydrogens (primary N) is 1. The number of amidine groups is 1. The highest BCUT2D eigenvalue weighted by molar-refractivity contribution is 5.98. The minimum absolute atomic E-state index is 0.0120. The third-order valence-electron chi connectivity index (χ3n) is 6.90. The molecule has 1 aliphatic heterocycles. The highest BCUT2D eigenvalue weighted by Gasteiger charge is 2.19. The Morgan fingerprint density at radius 3 is 2.44 bits per heavy atom. The van der Waals surface area contributed by atoms with Gasteiger partial charge in [-0.2, -0.15) is 0 Å². The van der Waals surface area contributed by atoms with Crippen LogP contribution in [-0.2, 0) is 11.2 Å². The maximum Gasteiger partial charge on any atom is 0.219 e. The van der Waals surface area contributed by atoms with Gasteiger partial charge in [-0.05, 0) is 48.5 Å². The second-order valence-electron chi connectivity index (χ2n) is 9.58. The average Bonchev–Trinajstić information content (AvgIpc) is 3.51. The number of piperazine rings is 1. The summed E-state index contributed by atoms with van der Waals surface area (Å²) in [5, 5.41) is 7.63. The van der Waals surface area contributed by atoms with Crippen LogP contribution in [0.1, 0.15) is 24.1 Å². The van der Waals surface area contributed by atoms with Crippen molar-refractivity contribution in [3.63, 3.8) is 0 Å². The van der Waals surface area contributed by atoms with Crippen LogP contribution < -0.4 is 15.4 Å². The van der Waals surface area contributed by atoms with E-state index >= 15 is 0 Å². The number of amides is 1. The van der Waals surface area contributed by atoms with Gasteiger partial charge in [-0.3, -0.25) is 10.2 Å². The fourth-order valence-electron chi connectivity index (χ4n) is 4.87. The molecule has 0 spiro atoms. The predicted molar refractivity (Wildman–Crippen MR) is 147 cm³/mol. The maximum atomic E-state index is 14.5. The summed E-state index contributed by atoms with van der Waals surface area (Å²) in [7, 11) is 0. The highest BCUT2D eigenvalue weighted by atomic mass is 19.1. The van der Waals surface area contributed by atoms with Gasteiger partial charge in [0.15, 0.2) is 5.75 Å². The van der Waals surface area contributed by atoms with Crippen LogP contribution in [-0.4, -0.2) is 62.8 Å². The molecule has 5 N–H and O–H groups in total. The summed E-state index contributed by atoms with van der Waals surface area (Å²) in [5.74, 6) is 1.80. The van der Waals surface area contributed by atoms with Crippen LogP contribution in [0, 0.1) is 11.2 Å². The molecule has 0 atom stereocenters. The molecule has 6 rings (SSSR count). The molecule has 1 amide bonds. The number of fused-ring (bicyclic) bond motifs is 2. The molecule has 0 radical (unpaired) electrons. The van der Waals surface area contributed by atoms with Crippen molar-refractivity contribution >= 4 is 39.5 Å². The molecule has 1 aliphatic rings. The fraction of sp³-hybridized carbons (Fsp3) is 0.214. The van der Waals surface area contributed by atoms with Crippen molar-refractivity contribution in [1.82, 2.24) is 24.8 Å². The van der Waals surface area contributed by atoms with Gasteiger partial charge in [0.25, 0.3) is 0 Å². The van der Waals surface area contributed by atoms with Crippen LogP contribution in [0.4, 0.5) is 10.1 Å². The number of nitrogens with zero attached hydrogens (tertiary/aromatic N) is 4. The van der Waals surface area contributed by atoms with Crippen molar-refractivity contribution in [3.8, 4) is 11.5 Å². The first-order valence-corrected chi connectivity index (χ1v) is 12.6. The fourth-order valence-corrected chi connectivity index (χ4v) is 4.87. The van der Waals surface area contributed by atoms with E-state index in [9.17, 15) is 9.18 Å². The van der Waals surface area contributed by atoms with Crippen LogP contribution in [0.3, 0.4) is 0 Å². The number of aromatic nitrogens is 4. The minimum Gasteiger partial charge on any atom is -0.455 e. The zero-order valence-corrected chi connectivity index (χ0v) is 21.3. The minimum atomic E-state index is -0.437. The molecule has 11 heteroatoms. The van der Waals surface area contributed by atoms with Gasteiger partial charge < -0.3 is 30.2 Å². The number of carbonyl (C=O) groups is 1. The molecule has 0 bridgehead atoms. The molecule has 0 saturated carbocycles. The summed E-state index contributed by atoms with van der Waals surface area (Å²) in [6.07, 6.45) is 0.366. The van der Waals surface area contributed by atoms with Crippen molar-refractivity contribution in [3.05, 3.63) is 77.6 Å². The van der Waals surface area contributed by atoms with E-state index in [0.29, 0.717) is 59.3 Å². The van der Waals surface area contributed by atoms with Crippen molar-refractivity contribution in [2.45, 2.75) is 13.3 Å². The summed E-state index contributed by atoms with van der Waals surface area (Å²) in [4.78, 5) is 31.3. The third-order valence-corrected chi connectivity index (χ3v) is 6.90. The number of benzene rings is 3. The summed E-state index contributed by atoms with van der Waals surface area (Å²) >= 11 is 0. The molecule has 0 aliphatic carbocycles. The topological polar surface area (TPSA) is 140 Å². The Morgan fingerprint density at radius 1 is 1.00 bits per heavy atom. The van der Waals surface area contributed by atoms with E-state index in [1.165, 1.54) is 12.1 Å². The summed E-state index contributed by atoms with van der Waals surface area (Å²) in [5.41, 5.74) is 9.81. The Bertz CT molecular complexity index is 1700. The maximum absolute atomic E-state index is 14.5. The number of ether oxygens (including phenoxy) is 1. The number of nitrogens with one attached hydrogen (secondary N) is 3. The standard InChI is InChI=1S/C28H27FN8O2/c1-16(38)36-8-10-37(11-9-36)19-3-5-20(6-4-19)39-24-14-18(29)13-23-27(24)35-26(34-23)15-25-32-21-7-2-17(28(30)31)12-22(21)33-25/h2-7,12-14H,8-11,15H2,1H3,(H3,30,31)(H,32,33)(H,34,35). The number of imidazole rings is 2. The lowest BCUT2D eigenvalue weighted by Gasteiger charge is -2.35. The molecule has 39 heavy (non-hydrogen) atoms. The summed E-state index contributed by atoms with van der Waals surface area (Å²) in [6, 6.07) is 15.7. The third kappa shape index (κ3) is 4.98. The lowest BCUT2D eigenvalue weighted by atomic mass is 10.2. The van der Waals surface area contributed by atoms with E-state index in [-0.39, 0.29) is 11.7 Å². The number of nitrogen functional groups attached to an aromatic ring is 1. The van der Waals surface area contributed by atoms with Gasteiger partial charge in [0.1, 0.15) is 34.6 Å². The van der Waals surface area contributed by atoms with Gasteiger partial charge in [-0.25, -0.2) is 14.4 Å². The van der Waals surface area contributed by atoms with Crippen molar-refractivity contribution in [2.24, 2.45) is 5.73 Å². The average molecular weight is 527 g/mol. The van der Waals surface area contributed by atoms with Crippen LogP contribution in [0.5, 0.6) is 11.5 Å². The van der Waals surface area contributed by atoms with E-state index in [1.807, 2.05) is 35.2 Å². The molecule has 5 aromatic rings. The predicted octanol–water partition coefficient (Wildman–Crippen LogP) is 3.91. The normalized spacial score (nSPS) is 13.8. The smallest absolute Gasteiger partial charge is 0.219 e. The Kier molecular flexibility index (Phi) is 6.10. The van der Waals surface area contributed by atoms with Crippen LogP contribution in [0.25, 0.3) is 22.1 Å². The van der Waals surface area contributed by atoms with Crippen LogP contribution >= 0.6 is 0 Å². The number of H-pyrrole nitrogens is 2. The second kappa shape index (κ2) is 9.75. The molecule has 1 saturated heterocycles. The number of halogens is 1. The number of aromatic amines is 2. The lowest BCUT2D eigenvalue weighted by Crippen LogP contribution is -2.48. The number of hydrogen-bond acceptors (Lipinski definition) is 6. The molecule has 0 unspecified atom stereocenters. The van der Waals surface area contributed by atoms with Gasteiger partial charge in [-0.15, -0.1) is 0 Å². The monoisotopic (exact) mass is 526 g/mol. The number of rotatable bonds is 6. The Hall–Kier alpha value is -4.93. The van der Waals surface area contributed by atoms with Gasteiger partial charge in [0.2, 0.25) is 5.91 Å². The largest absolute Gasteiger partial charge is 0.455 e. The van der Waals surface area contributed by atoms with Gasteiger partial charge in [0, 0.05) is 50.4 Å². The SMILES string of the molecule is CC(=O)N1CCN(c2ccc(Oc3cc(F)cc4[nH]c(Cc5nc6ccc(C(=N)N)cc6[nH]5)nc34)cc2)CC1. The number of hydrogen-bond donors (Lipinski definition) is 4. The van der Waals surface area contributed by atoms with Gasteiger partial charge in [-0.1, -0.05) is 0 Å². The highest BCUT2D eigenvalue weighted by Crippen LogP contribution is 2.31. The molecule has 10 nitrogen and oxygen atoms in total. The molecular weight excluding hydrogens is 499 g/mol. The van der Waals surface area contributed by atoms with E-state index in [2.05, 4.69) is 24.8 Å². The summed E-state index contributed by atoms with van der Waals surface area (Å²) < 4.78 is 20.5. The van der Waals surface area contributed by atoms with E-state index in [0.717, 1.165) is 29.8 Å². The van der Waals surface area contributed by atoms with Crippen molar-refractivity contribution in [1.29, 1.82) is 5.41 Å². The van der Waals surface area contributed by atoms with Gasteiger partial charge in [0.05, 0.1) is 23.0 Å². The second-order valence-corrected chi connectivity index (χ2v) is 9.58. The first-order chi connectivity index (χ1) is 18.8. The first-order valence-electron chi connectivity index (χ1n) is 12.6. The van der Waals surface area contributed by atoms with Crippen LogP contribution in [0.15, 0.2) is 54.6 Å². The number of carbonyl (C=O) groups excluding carboxylic acids is 1. The molecule has 2 aromatic heterocycles. The quantitative estimate of drug-likeness (QED) is 0.195. The molecular formula is C28H27FN8O2. The van der Waals surface area contributed by atoms with E-state index in [1.54, 1.807) is 19.1 Å². The summed E-state index contributed by atoms with van der Waals surface area (Å²) in [6.45, 7) is 4.53. The zero-order chi connectivity index (χ0) is 27.1. The lowest BCUT2D eigenvalue weighted by molar-refractivity contribution is -0.129. The van der Waals surface area contributed by atoms with E-state index < -0.39 is 5.82 Å². The molecule has 1 fully saturated rings. The molecule has 198 valence electrons. The zero-order valence-electron chi connectivity index (χ0n) is 21.3. The van der Waals surface area contributed by atoms with Crippen molar-refractivity contribution in [2.75, 3.05) is 31.1 Å².